The van der Waals surface area contributed by atoms with E-state index in [4.69, 9.17) is 4.42 Å². The highest BCUT2D eigenvalue weighted by molar-refractivity contribution is 7.89. The van der Waals surface area contributed by atoms with Crippen LogP contribution < -0.4 is 0 Å². The van der Waals surface area contributed by atoms with Gasteiger partial charge in [0.1, 0.15) is 17.3 Å². The predicted molar refractivity (Wildman–Crippen MR) is 119 cm³/mol. The number of aryl methyl sites for hydroxylation is 2. The highest BCUT2D eigenvalue weighted by Gasteiger charge is 2.30. The maximum Gasteiger partial charge on any atom is 0.243 e. The summed E-state index contributed by atoms with van der Waals surface area (Å²) >= 11 is 0. The third-order valence-electron chi connectivity index (χ3n) is 5.64. The molecule has 0 spiro atoms. The summed E-state index contributed by atoms with van der Waals surface area (Å²) in [6.45, 7) is 3.13. The molecule has 32 heavy (non-hydrogen) atoms. The number of sulfonamides is 1. The van der Waals surface area contributed by atoms with Crippen LogP contribution in [0.3, 0.4) is 0 Å². The van der Waals surface area contributed by atoms with Gasteiger partial charge in [-0.1, -0.05) is 29.8 Å². The zero-order valence-corrected chi connectivity index (χ0v) is 18.6. The third-order valence-corrected chi connectivity index (χ3v) is 7.55. The van der Waals surface area contributed by atoms with Crippen molar-refractivity contribution in [3.05, 3.63) is 77.8 Å². The summed E-state index contributed by atoms with van der Waals surface area (Å²) < 4.78 is 46.7. The molecule has 0 aliphatic carbocycles. The molecule has 0 N–H and O–H groups in total. The van der Waals surface area contributed by atoms with Gasteiger partial charge in [0.05, 0.1) is 10.5 Å². The Kier molecular flexibility index (Phi) is 6.43. The number of furan rings is 1. The van der Waals surface area contributed by atoms with E-state index in [1.54, 1.807) is 59.5 Å². The van der Waals surface area contributed by atoms with Crippen LogP contribution in [0.2, 0.25) is 0 Å². The molecular formula is C24H25FN2O4S. The van der Waals surface area contributed by atoms with E-state index in [0.717, 1.165) is 5.56 Å². The topological polar surface area (TPSA) is 70.8 Å². The second kappa shape index (κ2) is 9.26. The fraction of sp³-hybridized carbons (Fsp3) is 0.292. The SMILES string of the molecule is Cc1ccc(S(=O)(=O)N2CCN(C(=O)CCc3ccc(-c4ccccc4F)o3)CC2)cc1. The smallest absolute Gasteiger partial charge is 0.243 e. The van der Waals surface area contributed by atoms with Crippen LogP contribution in [-0.2, 0) is 21.2 Å². The molecule has 0 saturated carbocycles. The standard InChI is InChI=1S/C24H25FN2O4S/c1-18-6-10-20(11-7-18)32(29,30)27-16-14-26(15-17-27)24(28)13-9-19-8-12-23(31-19)21-4-2-3-5-22(21)25/h2-8,10-12H,9,13-17H2,1H3. The van der Waals surface area contributed by atoms with Gasteiger partial charge in [-0.05, 0) is 43.3 Å². The first-order chi connectivity index (χ1) is 15.3. The van der Waals surface area contributed by atoms with Crippen LogP contribution in [0.15, 0.2) is 70.0 Å². The quantitative estimate of drug-likeness (QED) is 0.565. The first-order valence-electron chi connectivity index (χ1n) is 10.5. The van der Waals surface area contributed by atoms with Gasteiger partial charge in [0.2, 0.25) is 15.9 Å². The lowest BCUT2D eigenvalue weighted by Gasteiger charge is -2.34. The number of nitrogens with zero attached hydrogens (tertiary/aromatic N) is 2. The lowest BCUT2D eigenvalue weighted by molar-refractivity contribution is -0.132. The van der Waals surface area contributed by atoms with Gasteiger partial charge in [0.15, 0.2) is 0 Å². The van der Waals surface area contributed by atoms with Crippen molar-refractivity contribution in [1.82, 2.24) is 9.21 Å². The van der Waals surface area contributed by atoms with E-state index in [1.807, 2.05) is 6.92 Å². The van der Waals surface area contributed by atoms with Crippen molar-refractivity contribution in [3.63, 3.8) is 0 Å². The number of piperazine rings is 1. The summed E-state index contributed by atoms with van der Waals surface area (Å²) in [5, 5.41) is 0. The molecule has 0 radical (unpaired) electrons. The molecule has 6 nitrogen and oxygen atoms in total. The second-order valence-corrected chi connectivity index (χ2v) is 9.78. The van der Waals surface area contributed by atoms with Crippen LogP contribution in [-0.4, -0.2) is 49.7 Å². The molecule has 1 aliphatic heterocycles. The summed E-state index contributed by atoms with van der Waals surface area (Å²) in [6.07, 6.45) is 0.643. The molecule has 1 fully saturated rings. The summed E-state index contributed by atoms with van der Waals surface area (Å²) in [4.78, 5) is 14.6. The Morgan fingerprint density at radius 2 is 1.66 bits per heavy atom. The highest BCUT2D eigenvalue weighted by Crippen LogP contribution is 2.25. The molecule has 3 aromatic rings. The van der Waals surface area contributed by atoms with Crippen molar-refractivity contribution < 1.29 is 22.0 Å². The summed E-state index contributed by atoms with van der Waals surface area (Å²) in [7, 11) is -3.56. The largest absolute Gasteiger partial charge is 0.461 e. The molecule has 1 aliphatic rings. The number of hydrogen-bond acceptors (Lipinski definition) is 4. The Labute approximate surface area is 187 Å². The third kappa shape index (κ3) is 4.76. The molecule has 168 valence electrons. The van der Waals surface area contributed by atoms with Crippen LogP contribution in [0, 0.1) is 12.7 Å². The molecule has 4 rings (SSSR count). The first kappa shape index (κ1) is 22.2. The van der Waals surface area contributed by atoms with Gasteiger partial charge in [-0.2, -0.15) is 4.31 Å². The van der Waals surface area contributed by atoms with Crippen molar-refractivity contribution in [1.29, 1.82) is 0 Å². The van der Waals surface area contributed by atoms with Gasteiger partial charge in [-0.15, -0.1) is 0 Å². The number of benzene rings is 2. The number of amides is 1. The average molecular weight is 457 g/mol. The minimum absolute atomic E-state index is 0.0544. The Hall–Kier alpha value is -2.97. The van der Waals surface area contributed by atoms with E-state index in [1.165, 1.54) is 10.4 Å². The second-order valence-electron chi connectivity index (χ2n) is 7.84. The van der Waals surface area contributed by atoms with Crippen LogP contribution >= 0.6 is 0 Å². The summed E-state index contributed by atoms with van der Waals surface area (Å²) in [5.41, 5.74) is 1.38. The van der Waals surface area contributed by atoms with Gasteiger partial charge in [0.25, 0.3) is 0 Å². The molecule has 2 aromatic carbocycles. The van der Waals surface area contributed by atoms with Crippen LogP contribution in [0.25, 0.3) is 11.3 Å². The van der Waals surface area contributed by atoms with Crippen LogP contribution in [0.5, 0.6) is 0 Å². The number of carbonyl (C=O) groups excluding carboxylic acids is 1. The van der Waals surface area contributed by atoms with Gasteiger partial charge in [-0.25, -0.2) is 12.8 Å². The van der Waals surface area contributed by atoms with Crippen molar-refractivity contribution in [3.8, 4) is 11.3 Å². The van der Waals surface area contributed by atoms with E-state index >= 15 is 0 Å². The maximum absolute atomic E-state index is 13.9. The van der Waals surface area contributed by atoms with Crippen LogP contribution in [0.4, 0.5) is 4.39 Å². The van der Waals surface area contributed by atoms with Crippen molar-refractivity contribution in [2.24, 2.45) is 0 Å². The van der Waals surface area contributed by atoms with Crippen molar-refractivity contribution >= 4 is 15.9 Å². The molecule has 1 aromatic heterocycles. The number of hydrogen-bond donors (Lipinski definition) is 0. The molecular weight excluding hydrogens is 431 g/mol. The molecule has 0 atom stereocenters. The fourth-order valence-corrected chi connectivity index (χ4v) is 5.17. The minimum Gasteiger partial charge on any atom is -0.461 e. The highest BCUT2D eigenvalue weighted by atomic mass is 32.2. The molecule has 1 saturated heterocycles. The van der Waals surface area contributed by atoms with Gasteiger partial charge < -0.3 is 9.32 Å². The van der Waals surface area contributed by atoms with Gasteiger partial charge >= 0.3 is 0 Å². The predicted octanol–water partition coefficient (Wildman–Crippen LogP) is 3.86. The molecule has 2 heterocycles. The first-order valence-corrected chi connectivity index (χ1v) is 12.0. The normalized spacial score (nSPS) is 15.1. The molecule has 0 unspecified atom stereocenters. The van der Waals surface area contributed by atoms with E-state index < -0.39 is 10.0 Å². The molecule has 1 amide bonds. The van der Waals surface area contributed by atoms with Gasteiger partial charge in [-0.3, -0.25) is 4.79 Å². The van der Waals surface area contributed by atoms with Gasteiger partial charge in [0, 0.05) is 39.0 Å². The molecule has 0 bridgehead atoms. The zero-order valence-electron chi connectivity index (χ0n) is 17.8. The number of carbonyl (C=O) groups is 1. The average Bonchev–Trinajstić information content (AvgIpc) is 3.27. The Bertz CT molecular complexity index is 1200. The fourth-order valence-electron chi connectivity index (χ4n) is 3.74. The minimum atomic E-state index is -3.56. The Morgan fingerprint density at radius 1 is 0.969 bits per heavy atom. The monoisotopic (exact) mass is 456 g/mol. The maximum atomic E-state index is 13.9. The van der Waals surface area contributed by atoms with E-state index in [2.05, 4.69) is 0 Å². The lowest BCUT2D eigenvalue weighted by Crippen LogP contribution is -2.50. The van der Waals surface area contributed by atoms with E-state index in [9.17, 15) is 17.6 Å². The number of rotatable bonds is 6. The number of halogens is 1. The molecule has 8 heteroatoms. The lowest BCUT2D eigenvalue weighted by atomic mass is 10.1. The zero-order chi connectivity index (χ0) is 22.7. The Balaban J connectivity index is 1.31. The summed E-state index contributed by atoms with van der Waals surface area (Å²) in [6, 6.07) is 16.6. The van der Waals surface area contributed by atoms with Crippen molar-refractivity contribution in [2.75, 3.05) is 26.2 Å². The summed E-state index contributed by atoms with van der Waals surface area (Å²) in [5.74, 6) is 0.627. The van der Waals surface area contributed by atoms with E-state index in [0.29, 0.717) is 36.6 Å². The van der Waals surface area contributed by atoms with Crippen molar-refractivity contribution in [2.45, 2.75) is 24.7 Å². The van der Waals surface area contributed by atoms with Crippen LogP contribution in [0.1, 0.15) is 17.7 Å². The van der Waals surface area contributed by atoms with E-state index in [-0.39, 0.29) is 36.1 Å². The Morgan fingerprint density at radius 3 is 2.34 bits per heavy atom.